The predicted molar refractivity (Wildman–Crippen MR) is 131 cm³/mol. The fourth-order valence-electron chi connectivity index (χ4n) is 4.11. The molecule has 1 saturated carbocycles. The number of amides is 3. The number of nitrogens with zero attached hydrogens (tertiary/aromatic N) is 3. The number of carbonyl (C=O) groups excluding carboxylic acids is 2. The summed E-state index contributed by atoms with van der Waals surface area (Å²) in [6.07, 6.45) is 2.51. The second kappa shape index (κ2) is 8.38. The summed E-state index contributed by atoms with van der Waals surface area (Å²) >= 11 is 1.32. The van der Waals surface area contributed by atoms with E-state index in [4.69, 9.17) is 4.98 Å². The van der Waals surface area contributed by atoms with Gasteiger partial charge in [0.15, 0.2) is 5.13 Å². The van der Waals surface area contributed by atoms with Crippen molar-refractivity contribution in [3.8, 4) is 11.3 Å². The summed E-state index contributed by atoms with van der Waals surface area (Å²) < 4.78 is 27.2. The lowest BCUT2D eigenvalue weighted by Crippen LogP contribution is -2.33. The Morgan fingerprint density at radius 1 is 1.00 bits per heavy atom. The minimum atomic E-state index is -0.832. The molecule has 6 rings (SSSR count). The highest BCUT2D eigenvalue weighted by Crippen LogP contribution is 2.35. The molecule has 0 bridgehead atoms. The van der Waals surface area contributed by atoms with Crippen molar-refractivity contribution in [1.29, 1.82) is 0 Å². The van der Waals surface area contributed by atoms with Gasteiger partial charge < -0.3 is 10.6 Å². The van der Waals surface area contributed by atoms with E-state index in [2.05, 4.69) is 15.6 Å². The summed E-state index contributed by atoms with van der Waals surface area (Å²) in [7, 11) is 0. The third-order valence-electron chi connectivity index (χ3n) is 6.13. The van der Waals surface area contributed by atoms with Crippen LogP contribution in [0.5, 0.6) is 0 Å². The smallest absolute Gasteiger partial charge is 0.305 e. The van der Waals surface area contributed by atoms with Gasteiger partial charge in [-0.05, 0) is 55.2 Å². The van der Waals surface area contributed by atoms with Gasteiger partial charge >= 0.3 is 6.03 Å². The number of pyridine rings is 1. The average molecular weight is 492 g/mol. The van der Waals surface area contributed by atoms with Gasteiger partial charge in [-0.1, -0.05) is 23.5 Å². The first-order valence-corrected chi connectivity index (χ1v) is 12.0. The maximum absolute atomic E-state index is 14.0. The number of carbonyl (C=O) groups is 2. The molecule has 0 radical (unpaired) electrons. The molecule has 0 spiro atoms. The van der Waals surface area contributed by atoms with Crippen molar-refractivity contribution in [2.75, 3.05) is 22.1 Å². The Labute approximate surface area is 202 Å². The maximum atomic E-state index is 14.0. The SMILES string of the molecule is O=C(Nc1nc2ccc(-c3ccc4c(c3)N(C(=O)Nc3ccc(F)cc3F)CC4)nc2s1)C1CC1. The molecular formula is C25H19F2N5O2S. The number of hydrogen-bond donors (Lipinski definition) is 2. The quantitative estimate of drug-likeness (QED) is 0.390. The highest BCUT2D eigenvalue weighted by Gasteiger charge is 2.30. The number of hydrogen-bond acceptors (Lipinski definition) is 5. The van der Waals surface area contributed by atoms with Crippen molar-refractivity contribution in [1.82, 2.24) is 9.97 Å². The molecule has 176 valence electrons. The van der Waals surface area contributed by atoms with Crippen molar-refractivity contribution >= 4 is 50.1 Å². The van der Waals surface area contributed by atoms with E-state index >= 15 is 0 Å². The van der Waals surface area contributed by atoms with Crippen molar-refractivity contribution < 1.29 is 18.4 Å². The Balaban J connectivity index is 1.25. The molecule has 7 nitrogen and oxygen atoms in total. The van der Waals surface area contributed by atoms with Crippen molar-refractivity contribution in [2.45, 2.75) is 19.3 Å². The summed E-state index contributed by atoms with van der Waals surface area (Å²) in [4.78, 5) is 36.3. The second-order valence-electron chi connectivity index (χ2n) is 8.60. The highest BCUT2D eigenvalue weighted by molar-refractivity contribution is 7.22. The van der Waals surface area contributed by atoms with Crippen LogP contribution in [0.15, 0.2) is 48.5 Å². The summed E-state index contributed by atoms with van der Waals surface area (Å²) in [5.74, 6) is -1.45. The normalized spacial score (nSPS) is 14.7. The molecule has 0 saturated heterocycles. The number of benzene rings is 2. The molecule has 35 heavy (non-hydrogen) atoms. The molecule has 0 atom stereocenters. The molecule has 1 aliphatic carbocycles. The topological polar surface area (TPSA) is 87.2 Å². The van der Waals surface area contributed by atoms with Gasteiger partial charge in [-0.15, -0.1) is 0 Å². The number of halogens is 2. The monoisotopic (exact) mass is 491 g/mol. The summed E-state index contributed by atoms with van der Waals surface area (Å²) in [6.45, 7) is 0.443. The van der Waals surface area contributed by atoms with Crippen molar-refractivity contribution in [3.63, 3.8) is 0 Å². The molecule has 4 aromatic rings. The van der Waals surface area contributed by atoms with Crippen LogP contribution in [0.4, 0.5) is 30.1 Å². The molecule has 1 fully saturated rings. The number of fused-ring (bicyclic) bond motifs is 2. The molecular weight excluding hydrogens is 472 g/mol. The molecule has 2 aromatic carbocycles. The zero-order valence-corrected chi connectivity index (χ0v) is 19.2. The third kappa shape index (κ3) is 4.21. The number of rotatable bonds is 4. The summed E-state index contributed by atoms with van der Waals surface area (Å²) in [6, 6.07) is 12.0. The van der Waals surface area contributed by atoms with Crippen LogP contribution < -0.4 is 15.5 Å². The number of nitrogens with one attached hydrogen (secondary N) is 2. The van der Waals surface area contributed by atoms with E-state index in [0.717, 1.165) is 36.1 Å². The molecule has 2 aromatic heterocycles. The van der Waals surface area contributed by atoms with E-state index in [1.807, 2.05) is 30.3 Å². The first-order chi connectivity index (χ1) is 16.9. The molecule has 2 aliphatic rings. The zero-order chi connectivity index (χ0) is 24.1. The molecule has 3 amide bonds. The molecule has 0 unspecified atom stereocenters. The Morgan fingerprint density at radius 2 is 1.86 bits per heavy atom. The van der Waals surface area contributed by atoms with Gasteiger partial charge in [-0.25, -0.2) is 23.5 Å². The number of anilines is 3. The Bertz CT molecular complexity index is 1500. The minimum absolute atomic E-state index is 0.00166. The van der Waals surface area contributed by atoms with Gasteiger partial charge in [0.05, 0.1) is 11.4 Å². The molecule has 10 heteroatoms. The van der Waals surface area contributed by atoms with Crippen LogP contribution >= 0.6 is 11.3 Å². The minimum Gasteiger partial charge on any atom is -0.305 e. The first-order valence-electron chi connectivity index (χ1n) is 11.2. The van der Waals surface area contributed by atoms with Gasteiger partial charge in [0.2, 0.25) is 5.91 Å². The lowest BCUT2D eigenvalue weighted by Gasteiger charge is -2.19. The van der Waals surface area contributed by atoms with Crippen LogP contribution in [0.3, 0.4) is 0 Å². The van der Waals surface area contributed by atoms with E-state index in [1.165, 1.54) is 17.4 Å². The van der Waals surface area contributed by atoms with Crippen molar-refractivity contribution in [2.24, 2.45) is 5.92 Å². The zero-order valence-electron chi connectivity index (χ0n) is 18.3. The van der Waals surface area contributed by atoms with E-state index < -0.39 is 17.7 Å². The third-order valence-corrected chi connectivity index (χ3v) is 7.01. The lowest BCUT2D eigenvalue weighted by molar-refractivity contribution is -0.117. The van der Waals surface area contributed by atoms with Crippen LogP contribution in [-0.4, -0.2) is 28.5 Å². The largest absolute Gasteiger partial charge is 0.326 e. The van der Waals surface area contributed by atoms with E-state index in [0.29, 0.717) is 39.8 Å². The molecule has 2 N–H and O–H groups in total. The first kappa shape index (κ1) is 21.6. The summed E-state index contributed by atoms with van der Waals surface area (Å²) in [5, 5.41) is 5.92. The second-order valence-corrected chi connectivity index (χ2v) is 9.58. The predicted octanol–water partition coefficient (Wildman–Crippen LogP) is 5.58. The lowest BCUT2D eigenvalue weighted by atomic mass is 10.1. The van der Waals surface area contributed by atoms with Gasteiger partial charge in [0.1, 0.15) is 22.0 Å². The van der Waals surface area contributed by atoms with Crippen molar-refractivity contribution in [3.05, 3.63) is 65.7 Å². The molecule has 3 heterocycles. The summed E-state index contributed by atoms with van der Waals surface area (Å²) in [5.41, 5.74) is 3.85. The van der Waals surface area contributed by atoms with E-state index in [9.17, 15) is 18.4 Å². The van der Waals surface area contributed by atoms with Gasteiger partial charge in [0.25, 0.3) is 0 Å². The molecule has 1 aliphatic heterocycles. The highest BCUT2D eigenvalue weighted by atomic mass is 32.1. The Morgan fingerprint density at radius 3 is 2.66 bits per heavy atom. The average Bonchev–Trinajstić information content (AvgIpc) is 3.49. The van der Waals surface area contributed by atoms with Gasteiger partial charge in [0, 0.05) is 29.8 Å². The van der Waals surface area contributed by atoms with Crippen LogP contribution in [-0.2, 0) is 11.2 Å². The van der Waals surface area contributed by atoms with Crippen LogP contribution in [0.25, 0.3) is 21.6 Å². The fraction of sp³-hybridized carbons (Fsp3) is 0.200. The van der Waals surface area contributed by atoms with E-state index in [-0.39, 0.29) is 17.5 Å². The van der Waals surface area contributed by atoms with Crippen LogP contribution in [0.1, 0.15) is 18.4 Å². The Hall–Kier alpha value is -3.92. The fourth-order valence-corrected chi connectivity index (χ4v) is 4.95. The van der Waals surface area contributed by atoms with Gasteiger partial charge in [-0.2, -0.15) is 0 Å². The number of urea groups is 1. The maximum Gasteiger partial charge on any atom is 0.326 e. The van der Waals surface area contributed by atoms with E-state index in [1.54, 1.807) is 4.90 Å². The Kier molecular flexibility index (Phi) is 5.18. The standard InChI is InChI=1S/C25H19F2N5O2S/c26-16-5-6-19(17(27)12-16)30-25(34)32-10-9-13-1-4-15(11-21(13)32)18-7-8-20-23(28-18)35-24(29-20)31-22(33)14-2-3-14/h1,4-8,11-12,14H,2-3,9-10H2,(H,30,34)(H,29,31,33). The van der Waals surface area contributed by atoms with Gasteiger partial charge in [-0.3, -0.25) is 9.69 Å². The number of thiazole rings is 1. The number of aromatic nitrogens is 2. The van der Waals surface area contributed by atoms with Crippen LogP contribution in [0.2, 0.25) is 0 Å². The van der Waals surface area contributed by atoms with Crippen LogP contribution in [0, 0.1) is 17.6 Å².